The highest BCUT2D eigenvalue weighted by molar-refractivity contribution is 5.82. The van der Waals surface area contributed by atoms with E-state index in [1.807, 2.05) is 31.2 Å². The normalized spacial score (nSPS) is 18.0. The minimum absolute atomic E-state index is 0.0805. The zero-order valence-corrected chi connectivity index (χ0v) is 15.7. The molecular formula is C20H32N2O3. The maximum Gasteiger partial charge on any atom is 0.237 e. The molecule has 0 saturated carbocycles. The first-order valence-electron chi connectivity index (χ1n) is 9.34. The van der Waals surface area contributed by atoms with E-state index in [-0.39, 0.29) is 17.9 Å². The van der Waals surface area contributed by atoms with Crippen molar-refractivity contribution in [2.45, 2.75) is 52.1 Å². The second kappa shape index (κ2) is 9.78. The fraction of sp³-hybridized carbons (Fsp3) is 0.650. The van der Waals surface area contributed by atoms with E-state index >= 15 is 0 Å². The summed E-state index contributed by atoms with van der Waals surface area (Å²) < 4.78 is 11.1. The third-order valence-electron chi connectivity index (χ3n) is 4.78. The predicted molar refractivity (Wildman–Crippen MR) is 99.5 cm³/mol. The van der Waals surface area contributed by atoms with E-state index in [0.29, 0.717) is 19.1 Å². The minimum atomic E-state index is -0.468. The predicted octanol–water partition coefficient (Wildman–Crippen LogP) is 3.04. The van der Waals surface area contributed by atoms with Crippen molar-refractivity contribution in [3.63, 3.8) is 0 Å². The lowest BCUT2D eigenvalue weighted by Gasteiger charge is -2.28. The van der Waals surface area contributed by atoms with Crippen molar-refractivity contribution in [2.24, 2.45) is 17.6 Å². The second-order valence-electron chi connectivity index (χ2n) is 7.31. The van der Waals surface area contributed by atoms with E-state index in [1.54, 1.807) is 0 Å². The highest BCUT2D eigenvalue weighted by Gasteiger charge is 2.27. The van der Waals surface area contributed by atoms with Gasteiger partial charge in [0.05, 0.1) is 18.7 Å². The van der Waals surface area contributed by atoms with Gasteiger partial charge in [-0.3, -0.25) is 4.79 Å². The Kier molecular flexibility index (Phi) is 7.72. The summed E-state index contributed by atoms with van der Waals surface area (Å²) in [6, 6.07) is 7.35. The summed E-state index contributed by atoms with van der Waals surface area (Å²) in [5, 5.41) is 3.03. The molecule has 5 heteroatoms. The summed E-state index contributed by atoms with van der Waals surface area (Å²) in [6.45, 7) is 8.45. The monoisotopic (exact) mass is 348 g/mol. The van der Waals surface area contributed by atoms with Crippen LogP contribution >= 0.6 is 0 Å². The Morgan fingerprint density at radius 1 is 1.24 bits per heavy atom. The molecule has 1 heterocycles. The molecule has 2 unspecified atom stereocenters. The zero-order valence-electron chi connectivity index (χ0n) is 15.7. The van der Waals surface area contributed by atoms with Gasteiger partial charge in [0.2, 0.25) is 5.91 Å². The number of hydrogen-bond acceptors (Lipinski definition) is 4. The Bertz CT molecular complexity index is 524. The summed E-state index contributed by atoms with van der Waals surface area (Å²) in [5.41, 5.74) is 7.18. The van der Waals surface area contributed by atoms with Crippen LogP contribution in [-0.4, -0.2) is 31.8 Å². The van der Waals surface area contributed by atoms with Gasteiger partial charge in [-0.05, 0) is 55.7 Å². The van der Waals surface area contributed by atoms with Gasteiger partial charge in [0.1, 0.15) is 5.75 Å². The number of benzene rings is 1. The van der Waals surface area contributed by atoms with E-state index in [2.05, 4.69) is 19.2 Å². The number of carbonyl (C=O) groups is 1. The van der Waals surface area contributed by atoms with Crippen LogP contribution in [0, 0.1) is 11.8 Å². The van der Waals surface area contributed by atoms with Crippen LogP contribution in [0.3, 0.4) is 0 Å². The Morgan fingerprint density at radius 2 is 1.88 bits per heavy atom. The zero-order chi connectivity index (χ0) is 18.2. The van der Waals surface area contributed by atoms with Gasteiger partial charge < -0.3 is 20.5 Å². The van der Waals surface area contributed by atoms with E-state index in [9.17, 15) is 4.79 Å². The molecule has 0 aliphatic carbocycles. The molecule has 1 amide bonds. The maximum absolute atomic E-state index is 12.4. The number of nitrogens with one attached hydrogen (secondary N) is 1. The van der Waals surface area contributed by atoms with Crippen LogP contribution in [-0.2, 0) is 9.53 Å². The number of nitrogens with two attached hydrogens (primary N) is 1. The maximum atomic E-state index is 12.4. The molecule has 1 fully saturated rings. The minimum Gasteiger partial charge on any atom is -0.494 e. The quantitative estimate of drug-likeness (QED) is 0.757. The highest BCUT2D eigenvalue weighted by Crippen LogP contribution is 2.21. The van der Waals surface area contributed by atoms with Gasteiger partial charge >= 0.3 is 0 Å². The van der Waals surface area contributed by atoms with Gasteiger partial charge in [-0.25, -0.2) is 0 Å². The molecule has 2 atom stereocenters. The fourth-order valence-corrected chi connectivity index (χ4v) is 2.95. The number of rotatable bonds is 8. The number of carbonyl (C=O) groups excluding carboxylic acids is 1. The van der Waals surface area contributed by atoms with Crippen molar-refractivity contribution in [2.75, 3.05) is 19.8 Å². The summed E-state index contributed by atoms with van der Waals surface area (Å²) in [5.74, 6) is 1.62. The first-order chi connectivity index (χ1) is 12.0. The molecule has 25 heavy (non-hydrogen) atoms. The molecule has 3 N–H and O–H groups in total. The number of ether oxygens (including phenoxy) is 2. The van der Waals surface area contributed by atoms with Crippen LogP contribution in [0.4, 0.5) is 0 Å². The van der Waals surface area contributed by atoms with Gasteiger partial charge in [-0.1, -0.05) is 26.0 Å². The van der Waals surface area contributed by atoms with Crippen LogP contribution in [0.25, 0.3) is 0 Å². The van der Waals surface area contributed by atoms with Crippen molar-refractivity contribution >= 4 is 5.91 Å². The molecule has 1 aliphatic heterocycles. The Morgan fingerprint density at radius 3 is 2.48 bits per heavy atom. The molecule has 1 saturated heterocycles. The number of amides is 1. The van der Waals surface area contributed by atoms with Gasteiger partial charge in [0.15, 0.2) is 0 Å². The van der Waals surface area contributed by atoms with Crippen LogP contribution in [0.15, 0.2) is 24.3 Å². The molecule has 0 aromatic heterocycles. The molecule has 5 nitrogen and oxygen atoms in total. The van der Waals surface area contributed by atoms with Crippen molar-refractivity contribution in [1.29, 1.82) is 0 Å². The van der Waals surface area contributed by atoms with E-state index < -0.39 is 6.04 Å². The average molecular weight is 348 g/mol. The first kappa shape index (κ1) is 19.7. The van der Waals surface area contributed by atoms with E-state index in [0.717, 1.165) is 37.2 Å². The van der Waals surface area contributed by atoms with Crippen LogP contribution in [0.5, 0.6) is 5.75 Å². The summed E-state index contributed by atoms with van der Waals surface area (Å²) in [4.78, 5) is 12.4. The van der Waals surface area contributed by atoms with E-state index in [4.69, 9.17) is 15.2 Å². The summed E-state index contributed by atoms with van der Waals surface area (Å²) in [7, 11) is 0. The standard InChI is InChI=1S/C20H32N2O3/c1-14(2)8-13-25-18-6-4-16(5-7-18)15(3)22-20(23)19(21)17-9-11-24-12-10-17/h4-7,14-15,17,19H,8-13,21H2,1-3H3,(H,22,23). The molecule has 1 aromatic rings. The van der Waals surface area contributed by atoms with Crippen molar-refractivity contribution in [3.8, 4) is 5.75 Å². The lowest BCUT2D eigenvalue weighted by Crippen LogP contribution is -2.47. The highest BCUT2D eigenvalue weighted by atomic mass is 16.5. The Hall–Kier alpha value is -1.59. The average Bonchev–Trinajstić information content (AvgIpc) is 2.62. The van der Waals surface area contributed by atoms with Crippen molar-refractivity contribution in [3.05, 3.63) is 29.8 Å². The third-order valence-corrected chi connectivity index (χ3v) is 4.78. The van der Waals surface area contributed by atoms with Crippen molar-refractivity contribution in [1.82, 2.24) is 5.32 Å². The number of hydrogen-bond donors (Lipinski definition) is 2. The molecule has 0 radical (unpaired) electrons. The molecular weight excluding hydrogens is 316 g/mol. The van der Waals surface area contributed by atoms with Gasteiger partial charge in [-0.15, -0.1) is 0 Å². The first-order valence-corrected chi connectivity index (χ1v) is 9.34. The van der Waals surface area contributed by atoms with E-state index in [1.165, 1.54) is 0 Å². The van der Waals surface area contributed by atoms with Crippen LogP contribution < -0.4 is 15.8 Å². The topological polar surface area (TPSA) is 73.6 Å². The Labute approximate surface area is 151 Å². The molecule has 0 bridgehead atoms. The Balaban J connectivity index is 1.82. The lowest BCUT2D eigenvalue weighted by molar-refractivity contribution is -0.125. The third kappa shape index (κ3) is 6.33. The van der Waals surface area contributed by atoms with Crippen LogP contribution in [0.1, 0.15) is 51.6 Å². The largest absolute Gasteiger partial charge is 0.494 e. The second-order valence-corrected chi connectivity index (χ2v) is 7.31. The summed E-state index contributed by atoms with van der Waals surface area (Å²) in [6.07, 6.45) is 2.75. The van der Waals surface area contributed by atoms with Gasteiger partial charge in [-0.2, -0.15) is 0 Å². The van der Waals surface area contributed by atoms with Gasteiger partial charge in [0, 0.05) is 13.2 Å². The molecule has 140 valence electrons. The fourth-order valence-electron chi connectivity index (χ4n) is 2.95. The van der Waals surface area contributed by atoms with Crippen LogP contribution in [0.2, 0.25) is 0 Å². The molecule has 0 spiro atoms. The summed E-state index contributed by atoms with van der Waals surface area (Å²) >= 11 is 0. The lowest BCUT2D eigenvalue weighted by atomic mass is 9.91. The molecule has 1 aromatic carbocycles. The smallest absolute Gasteiger partial charge is 0.237 e. The SMILES string of the molecule is CC(C)CCOc1ccc(C(C)NC(=O)C(N)C2CCOCC2)cc1. The van der Waals surface area contributed by atoms with Crippen molar-refractivity contribution < 1.29 is 14.3 Å². The molecule has 2 rings (SSSR count). The molecule has 1 aliphatic rings. The van der Waals surface area contributed by atoms with Gasteiger partial charge in [0.25, 0.3) is 0 Å².